The predicted octanol–water partition coefficient (Wildman–Crippen LogP) is 5.18. The third-order valence-electron chi connectivity index (χ3n) is 3.77. The number of alkyl halides is 3. The Morgan fingerprint density at radius 2 is 1.97 bits per heavy atom. The number of hydrogen-bond donors (Lipinski definition) is 1. The number of carbonyl (C=O) groups is 1. The molecule has 0 bridgehead atoms. The summed E-state index contributed by atoms with van der Waals surface area (Å²) in [7, 11) is 0. The number of nitriles is 1. The van der Waals surface area contributed by atoms with Crippen molar-refractivity contribution in [2.24, 2.45) is 0 Å². The van der Waals surface area contributed by atoms with Gasteiger partial charge in [-0.3, -0.25) is 4.79 Å². The van der Waals surface area contributed by atoms with Crippen molar-refractivity contribution in [1.29, 1.82) is 5.26 Å². The van der Waals surface area contributed by atoms with E-state index in [4.69, 9.17) is 5.26 Å². The van der Waals surface area contributed by atoms with E-state index in [1.165, 1.54) is 29.5 Å². The first kappa shape index (κ1) is 20.4. The molecule has 0 saturated heterocycles. The van der Waals surface area contributed by atoms with E-state index in [0.29, 0.717) is 15.6 Å². The van der Waals surface area contributed by atoms with Crippen LogP contribution in [0.2, 0.25) is 0 Å². The van der Waals surface area contributed by atoms with Crippen molar-refractivity contribution in [3.63, 3.8) is 0 Å². The summed E-state index contributed by atoms with van der Waals surface area (Å²) in [6.45, 7) is 0.211. The molecule has 3 rings (SSSR count). The maximum absolute atomic E-state index is 12.6. The van der Waals surface area contributed by atoms with Gasteiger partial charge in [0.05, 0.1) is 11.3 Å². The zero-order valence-corrected chi connectivity index (χ0v) is 15.9. The lowest BCUT2D eigenvalue weighted by Gasteiger charge is -2.11. The van der Waals surface area contributed by atoms with Gasteiger partial charge in [0, 0.05) is 11.3 Å². The summed E-state index contributed by atoms with van der Waals surface area (Å²) in [5.74, 6) is -0.627. The Hall–Kier alpha value is -3.38. The van der Waals surface area contributed by atoms with Gasteiger partial charge in [-0.15, -0.1) is 11.3 Å². The molecule has 0 fully saturated rings. The molecule has 3 aromatic rings. The fourth-order valence-corrected chi connectivity index (χ4v) is 3.45. The van der Waals surface area contributed by atoms with Crippen molar-refractivity contribution < 1.29 is 22.7 Å². The lowest BCUT2D eigenvalue weighted by Crippen LogP contribution is -2.19. The van der Waals surface area contributed by atoms with Gasteiger partial charge in [0.25, 0.3) is 5.91 Å². The number of aromatic nitrogens is 1. The number of thiazole rings is 1. The minimum Gasteiger partial charge on any atom is -0.483 e. The highest BCUT2D eigenvalue weighted by atomic mass is 32.1. The highest BCUT2D eigenvalue weighted by Gasteiger charge is 2.29. The van der Waals surface area contributed by atoms with E-state index in [-0.39, 0.29) is 17.0 Å². The molecule has 0 spiro atoms. The summed E-state index contributed by atoms with van der Waals surface area (Å²) in [5.41, 5.74) is 1.59. The fraction of sp³-hybridized carbons (Fsp3) is 0.150. The molecular weight excluding hydrogens is 403 g/mol. The van der Waals surface area contributed by atoms with Crippen LogP contribution in [0, 0.1) is 18.3 Å². The minimum absolute atomic E-state index is 0.113. The first-order chi connectivity index (χ1) is 13.8. The van der Waals surface area contributed by atoms with E-state index in [0.717, 1.165) is 5.56 Å². The number of ether oxygens (including phenoxy) is 1. The standard InChI is InChI=1S/C20H14F3N3O2S/c1-12-17(29-19(25-12)13-5-3-2-4-6-13)18(27)26-15-7-8-16(14(9-15)10-24)28-11-20(21,22)23/h2-9H,11H2,1H3,(H,26,27). The molecular formula is C20H14F3N3O2S. The van der Waals surface area contributed by atoms with Crippen LogP contribution in [0.1, 0.15) is 20.9 Å². The van der Waals surface area contributed by atoms with Crippen molar-refractivity contribution in [2.75, 3.05) is 11.9 Å². The fourth-order valence-electron chi connectivity index (χ4n) is 2.48. The van der Waals surface area contributed by atoms with E-state index in [9.17, 15) is 18.0 Å². The highest BCUT2D eigenvalue weighted by Crippen LogP contribution is 2.29. The normalized spacial score (nSPS) is 11.0. The van der Waals surface area contributed by atoms with Crippen LogP contribution in [0.15, 0.2) is 48.5 Å². The van der Waals surface area contributed by atoms with Gasteiger partial charge >= 0.3 is 6.18 Å². The van der Waals surface area contributed by atoms with Crippen LogP contribution in [0.25, 0.3) is 10.6 Å². The number of nitrogens with zero attached hydrogens (tertiary/aromatic N) is 2. The Balaban J connectivity index is 1.77. The second-order valence-electron chi connectivity index (χ2n) is 5.98. The van der Waals surface area contributed by atoms with Crippen LogP contribution in [-0.2, 0) is 0 Å². The number of anilines is 1. The van der Waals surface area contributed by atoms with Gasteiger partial charge in [0.2, 0.25) is 0 Å². The summed E-state index contributed by atoms with van der Waals surface area (Å²) in [4.78, 5) is 17.4. The van der Waals surface area contributed by atoms with Crippen molar-refractivity contribution in [1.82, 2.24) is 4.98 Å². The Morgan fingerprint density at radius 3 is 2.62 bits per heavy atom. The van der Waals surface area contributed by atoms with Gasteiger partial charge in [-0.05, 0) is 25.1 Å². The molecule has 29 heavy (non-hydrogen) atoms. The maximum atomic E-state index is 12.6. The van der Waals surface area contributed by atoms with Gasteiger partial charge in [0.1, 0.15) is 21.7 Å². The zero-order chi connectivity index (χ0) is 21.0. The average molecular weight is 417 g/mol. The quantitative estimate of drug-likeness (QED) is 0.620. The van der Waals surface area contributed by atoms with Gasteiger partial charge < -0.3 is 10.1 Å². The van der Waals surface area contributed by atoms with Gasteiger partial charge in [-0.1, -0.05) is 30.3 Å². The second-order valence-corrected chi connectivity index (χ2v) is 6.98. The molecule has 1 heterocycles. The first-order valence-electron chi connectivity index (χ1n) is 8.35. The molecule has 9 heteroatoms. The van der Waals surface area contributed by atoms with Crippen molar-refractivity contribution in [2.45, 2.75) is 13.1 Å². The molecule has 1 amide bonds. The number of nitrogens with one attached hydrogen (secondary N) is 1. The summed E-state index contributed by atoms with van der Waals surface area (Å²) in [5, 5.41) is 12.5. The molecule has 0 radical (unpaired) electrons. The predicted molar refractivity (Wildman–Crippen MR) is 103 cm³/mol. The van der Waals surface area contributed by atoms with E-state index < -0.39 is 18.7 Å². The lowest BCUT2D eigenvalue weighted by atomic mass is 10.2. The van der Waals surface area contributed by atoms with Crippen LogP contribution in [-0.4, -0.2) is 23.7 Å². The number of rotatable bonds is 5. The van der Waals surface area contributed by atoms with Crippen molar-refractivity contribution >= 4 is 22.9 Å². The van der Waals surface area contributed by atoms with E-state index in [1.807, 2.05) is 30.3 Å². The SMILES string of the molecule is Cc1nc(-c2ccccc2)sc1C(=O)Nc1ccc(OCC(F)(F)F)c(C#N)c1. The molecule has 0 unspecified atom stereocenters. The first-order valence-corrected chi connectivity index (χ1v) is 9.16. The van der Waals surface area contributed by atoms with Crippen LogP contribution >= 0.6 is 11.3 Å². The summed E-state index contributed by atoms with van der Waals surface area (Å²) in [6.07, 6.45) is -4.51. The second kappa shape index (κ2) is 8.32. The maximum Gasteiger partial charge on any atom is 0.422 e. The smallest absolute Gasteiger partial charge is 0.422 e. The van der Waals surface area contributed by atoms with Crippen molar-refractivity contribution in [3.8, 4) is 22.4 Å². The Morgan fingerprint density at radius 1 is 1.24 bits per heavy atom. The molecule has 5 nitrogen and oxygen atoms in total. The molecule has 0 aliphatic heterocycles. The van der Waals surface area contributed by atoms with E-state index >= 15 is 0 Å². The Bertz CT molecular complexity index is 1070. The molecule has 1 aromatic heterocycles. The lowest BCUT2D eigenvalue weighted by molar-refractivity contribution is -0.153. The average Bonchev–Trinajstić information content (AvgIpc) is 3.08. The monoisotopic (exact) mass is 417 g/mol. The van der Waals surface area contributed by atoms with Crippen LogP contribution in [0.5, 0.6) is 5.75 Å². The zero-order valence-electron chi connectivity index (χ0n) is 15.1. The highest BCUT2D eigenvalue weighted by molar-refractivity contribution is 7.17. The number of benzene rings is 2. The number of hydrogen-bond acceptors (Lipinski definition) is 5. The molecule has 0 aliphatic carbocycles. The topological polar surface area (TPSA) is 75.0 Å². The Kier molecular flexibility index (Phi) is 5.84. The molecule has 0 saturated carbocycles. The largest absolute Gasteiger partial charge is 0.483 e. The van der Waals surface area contributed by atoms with Crippen molar-refractivity contribution in [3.05, 3.63) is 64.7 Å². The summed E-state index contributed by atoms with van der Waals surface area (Å²) in [6, 6.07) is 15.0. The molecule has 2 aromatic carbocycles. The van der Waals surface area contributed by atoms with Crippen LogP contribution < -0.4 is 10.1 Å². The third kappa shape index (κ3) is 5.12. The Labute approximate surface area is 168 Å². The van der Waals surface area contributed by atoms with Gasteiger partial charge in [0.15, 0.2) is 6.61 Å². The molecule has 0 aliphatic rings. The minimum atomic E-state index is -4.51. The van der Waals surface area contributed by atoms with Crippen LogP contribution in [0.3, 0.4) is 0 Å². The number of amides is 1. The number of aryl methyl sites for hydroxylation is 1. The van der Waals surface area contributed by atoms with E-state index in [1.54, 1.807) is 13.0 Å². The van der Waals surface area contributed by atoms with E-state index in [2.05, 4.69) is 15.0 Å². The molecule has 0 atom stereocenters. The number of carbonyl (C=O) groups excluding carboxylic acids is 1. The van der Waals surface area contributed by atoms with Gasteiger partial charge in [-0.2, -0.15) is 18.4 Å². The number of halogens is 3. The summed E-state index contributed by atoms with van der Waals surface area (Å²) >= 11 is 1.23. The van der Waals surface area contributed by atoms with Crippen LogP contribution in [0.4, 0.5) is 18.9 Å². The van der Waals surface area contributed by atoms with Gasteiger partial charge in [-0.25, -0.2) is 4.98 Å². The summed E-state index contributed by atoms with van der Waals surface area (Å²) < 4.78 is 41.6. The molecule has 148 valence electrons. The third-order valence-corrected chi connectivity index (χ3v) is 4.98. The molecule has 1 N–H and O–H groups in total.